The number of nitrogens with two attached hydrogens (primary N) is 1. The molecule has 1 atom stereocenters. The predicted octanol–water partition coefficient (Wildman–Crippen LogP) is 2.13. The van der Waals surface area contributed by atoms with Gasteiger partial charge in [0, 0.05) is 0 Å². The van der Waals surface area contributed by atoms with Gasteiger partial charge in [-0.2, -0.15) is 0 Å². The smallest absolute Gasteiger partial charge is 0.0994 e. The first kappa shape index (κ1) is 11.8. The third kappa shape index (κ3) is 3.14. The van der Waals surface area contributed by atoms with Gasteiger partial charge in [0.15, 0.2) is 0 Å². The van der Waals surface area contributed by atoms with E-state index in [1.165, 1.54) is 5.56 Å². The molecule has 0 aliphatic rings. The van der Waals surface area contributed by atoms with E-state index in [0.717, 1.165) is 25.1 Å². The SMILES string of the molecule is CCCC(N)c1cn(Cc2ccccc2)nn1. The van der Waals surface area contributed by atoms with Gasteiger partial charge in [-0.3, -0.25) is 0 Å². The third-order valence-electron chi connectivity index (χ3n) is 2.72. The summed E-state index contributed by atoms with van der Waals surface area (Å²) in [5.74, 6) is 0. The van der Waals surface area contributed by atoms with Crippen LogP contribution in [0.4, 0.5) is 0 Å². The number of hydrogen-bond donors (Lipinski definition) is 1. The summed E-state index contributed by atoms with van der Waals surface area (Å²) in [6, 6.07) is 10.2. The molecule has 1 aromatic heterocycles. The second-order valence-corrected chi connectivity index (χ2v) is 4.22. The first-order chi connectivity index (χ1) is 8.29. The van der Waals surface area contributed by atoms with Crippen LogP contribution in [0.5, 0.6) is 0 Å². The summed E-state index contributed by atoms with van der Waals surface area (Å²) in [6.45, 7) is 2.86. The Hall–Kier alpha value is -1.68. The molecule has 0 fully saturated rings. The van der Waals surface area contributed by atoms with E-state index in [-0.39, 0.29) is 6.04 Å². The fourth-order valence-electron chi connectivity index (χ4n) is 1.79. The third-order valence-corrected chi connectivity index (χ3v) is 2.72. The van der Waals surface area contributed by atoms with E-state index in [2.05, 4.69) is 29.4 Å². The van der Waals surface area contributed by atoms with Gasteiger partial charge in [-0.25, -0.2) is 4.68 Å². The van der Waals surface area contributed by atoms with Crippen LogP contribution in [0.2, 0.25) is 0 Å². The average molecular weight is 230 g/mol. The number of benzene rings is 1. The molecule has 4 nitrogen and oxygen atoms in total. The fraction of sp³-hybridized carbons (Fsp3) is 0.385. The van der Waals surface area contributed by atoms with Crippen molar-refractivity contribution >= 4 is 0 Å². The molecule has 90 valence electrons. The van der Waals surface area contributed by atoms with Gasteiger partial charge < -0.3 is 5.73 Å². The largest absolute Gasteiger partial charge is 0.323 e. The van der Waals surface area contributed by atoms with Gasteiger partial charge in [-0.1, -0.05) is 48.9 Å². The Balaban J connectivity index is 2.04. The molecule has 1 unspecified atom stereocenters. The molecule has 0 radical (unpaired) electrons. The highest BCUT2D eigenvalue weighted by Crippen LogP contribution is 2.12. The van der Waals surface area contributed by atoms with Crippen molar-refractivity contribution in [2.75, 3.05) is 0 Å². The Morgan fingerprint density at radius 1 is 1.29 bits per heavy atom. The minimum absolute atomic E-state index is 0.00419. The molecule has 0 bridgehead atoms. The summed E-state index contributed by atoms with van der Waals surface area (Å²) in [5, 5.41) is 8.22. The van der Waals surface area contributed by atoms with E-state index in [1.54, 1.807) is 0 Å². The Morgan fingerprint density at radius 2 is 2.06 bits per heavy atom. The molecule has 1 aromatic carbocycles. The summed E-state index contributed by atoms with van der Waals surface area (Å²) in [6.07, 6.45) is 3.95. The number of rotatable bonds is 5. The Kier molecular flexibility index (Phi) is 3.88. The fourth-order valence-corrected chi connectivity index (χ4v) is 1.79. The summed E-state index contributed by atoms with van der Waals surface area (Å²) < 4.78 is 1.83. The standard InChI is InChI=1S/C13H18N4/c1-2-6-12(14)13-10-17(16-15-13)9-11-7-4-3-5-8-11/h3-5,7-8,10,12H,2,6,9,14H2,1H3. The van der Waals surface area contributed by atoms with Crippen LogP contribution in [0.25, 0.3) is 0 Å². The first-order valence-electron chi connectivity index (χ1n) is 5.99. The Bertz CT molecular complexity index is 449. The minimum Gasteiger partial charge on any atom is -0.323 e. The van der Waals surface area contributed by atoms with Crippen molar-refractivity contribution in [2.24, 2.45) is 5.73 Å². The number of aromatic nitrogens is 3. The van der Waals surface area contributed by atoms with E-state index in [9.17, 15) is 0 Å². The van der Waals surface area contributed by atoms with Crippen molar-refractivity contribution in [1.82, 2.24) is 15.0 Å². The highest BCUT2D eigenvalue weighted by Gasteiger charge is 2.09. The quantitative estimate of drug-likeness (QED) is 0.856. The molecule has 1 heterocycles. The number of hydrogen-bond acceptors (Lipinski definition) is 3. The summed E-state index contributed by atoms with van der Waals surface area (Å²) in [7, 11) is 0. The van der Waals surface area contributed by atoms with E-state index < -0.39 is 0 Å². The Morgan fingerprint density at radius 3 is 2.76 bits per heavy atom. The van der Waals surface area contributed by atoms with Crippen molar-refractivity contribution < 1.29 is 0 Å². The first-order valence-corrected chi connectivity index (χ1v) is 5.99. The lowest BCUT2D eigenvalue weighted by Gasteiger charge is -2.04. The lowest BCUT2D eigenvalue weighted by Crippen LogP contribution is -2.10. The second-order valence-electron chi connectivity index (χ2n) is 4.22. The van der Waals surface area contributed by atoms with Gasteiger partial charge >= 0.3 is 0 Å². The van der Waals surface area contributed by atoms with Crippen LogP contribution in [0.15, 0.2) is 36.5 Å². The van der Waals surface area contributed by atoms with E-state index in [1.807, 2.05) is 29.1 Å². The molecule has 0 aliphatic carbocycles. The van der Waals surface area contributed by atoms with Crippen LogP contribution in [0.1, 0.15) is 37.1 Å². The summed E-state index contributed by atoms with van der Waals surface area (Å²) in [4.78, 5) is 0. The van der Waals surface area contributed by atoms with E-state index in [0.29, 0.717) is 0 Å². The molecule has 4 heteroatoms. The van der Waals surface area contributed by atoms with Crippen LogP contribution in [-0.4, -0.2) is 15.0 Å². The topological polar surface area (TPSA) is 56.7 Å². The zero-order valence-electron chi connectivity index (χ0n) is 10.1. The predicted molar refractivity (Wildman–Crippen MR) is 67.4 cm³/mol. The normalized spacial score (nSPS) is 12.6. The molecule has 0 saturated carbocycles. The zero-order chi connectivity index (χ0) is 12.1. The number of nitrogens with zero attached hydrogens (tertiary/aromatic N) is 3. The molecule has 0 amide bonds. The zero-order valence-corrected chi connectivity index (χ0v) is 10.1. The van der Waals surface area contributed by atoms with E-state index in [4.69, 9.17) is 5.73 Å². The van der Waals surface area contributed by atoms with Crippen molar-refractivity contribution in [2.45, 2.75) is 32.4 Å². The molecule has 0 saturated heterocycles. The van der Waals surface area contributed by atoms with Crippen LogP contribution in [0.3, 0.4) is 0 Å². The van der Waals surface area contributed by atoms with Crippen LogP contribution >= 0.6 is 0 Å². The Labute approximate surface area is 101 Å². The maximum atomic E-state index is 6.00. The summed E-state index contributed by atoms with van der Waals surface area (Å²) >= 11 is 0. The maximum absolute atomic E-state index is 6.00. The van der Waals surface area contributed by atoms with Gasteiger partial charge in [0.25, 0.3) is 0 Å². The van der Waals surface area contributed by atoms with Crippen LogP contribution < -0.4 is 5.73 Å². The van der Waals surface area contributed by atoms with Crippen LogP contribution in [-0.2, 0) is 6.54 Å². The van der Waals surface area contributed by atoms with Gasteiger partial charge in [0.1, 0.15) is 0 Å². The molecule has 17 heavy (non-hydrogen) atoms. The van der Waals surface area contributed by atoms with Crippen molar-refractivity contribution in [1.29, 1.82) is 0 Å². The highest BCUT2D eigenvalue weighted by molar-refractivity contribution is 5.15. The molecule has 2 aromatic rings. The molecule has 2 N–H and O–H groups in total. The van der Waals surface area contributed by atoms with Gasteiger partial charge in [0.2, 0.25) is 0 Å². The average Bonchev–Trinajstić information content (AvgIpc) is 2.79. The van der Waals surface area contributed by atoms with E-state index >= 15 is 0 Å². The van der Waals surface area contributed by atoms with Crippen LogP contribution in [0, 0.1) is 0 Å². The van der Waals surface area contributed by atoms with Gasteiger partial charge in [0.05, 0.1) is 24.5 Å². The summed E-state index contributed by atoms with van der Waals surface area (Å²) in [5.41, 5.74) is 8.09. The maximum Gasteiger partial charge on any atom is 0.0994 e. The van der Waals surface area contributed by atoms with Crippen molar-refractivity contribution in [3.05, 3.63) is 47.8 Å². The van der Waals surface area contributed by atoms with Crippen molar-refractivity contribution in [3.8, 4) is 0 Å². The van der Waals surface area contributed by atoms with Crippen molar-refractivity contribution in [3.63, 3.8) is 0 Å². The lowest BCUT2D eigenvalue weighted by atomic mass is 10.1. The van der Waals surface area contributed by atoms with Gasteiger partial charge in [-0.05, 0) is 12.0 Å². The van der Waals surface area contributed by atoms with Gasteiger partial charge in [-0.15, -0.1) is 5.10 Å². The molecule has 0 aliphatic heterocycles. The molecular formula is C13H18N4. The molecule has 2 rings (SSSR count). The highest BCUT2D eigenvalue weighted by atomic mass is 15.4. The minimum atomic E-state index is 0.00419. The monoisotopic (exact) mass is 230 g/mol. The lowest BCUT2D eigenvalue weighted by molar-refractivity contribution is 0.617. The molecule has 0 spiro atoms. The second kappa shape index (κ2) is 5.59. The molecular weight excluding hydrogens is 212 g/mol.